The van der Waals surface area contributed by atoms with Gasteiger partial charge in [-0.05, 0) is 29.5 Å². The first-order valence-corrected chi connectivity index (χ1v) is 12.1. The predicted octanol–water partition coefficient (Wildman–Crippen LogP) is 5.03. The van der Waals surface area contributed by atoms with E-state index in [1.165, 1.54) is 23.9 Å². The molecule has 0 saturated carbocycles. The van der Waals surface area contributed by atoms with Crippen molar-refractivity contribution in [2.75, 3.05) is 11.1 Å². The summed E-state index contributed by atoms with van der Waals surface area (Å²) in [5.74, 6) is -1.01. The molecule has 8 nitrogen and oxygen atoms in total. The van der Waals surface area contributed by atoms with Crippen LogP contribution in [-0.4, -0.2) is 22.4 Å². The fourth-order valence-electron chi connectivity index (χ4n) is 4.50. The highest BCUT2D eigenvalue weighted by Crippen LogP contribution is 2.48. The molecule has 178 valence electrons. The summed E-state index contributed by atoms with van der Waals surface area (Å²) in [5, 5.41) is 28.1. The van der Waals surface area contributed by atoms with Crippen molar-refractivity contribution in [2.45, 2.75) is 32.6 Å². The fraction of sp³-hybridized carbons (Fsp3) is 0.269. The van der Waals surface area contributed by atoms with Crippen molar-refractivity contribution in [1.29, 1.82) is 5.26 Å². The SMILES string of the molecule is CC1(C)CC(=O)C2=C(C1)NC(SCC(=O)Nc1ccccc1)=C(C#N)[C@@H]2c1cccc([N+](=O)[O-])c1. The van der Waals surface area contributed by atoms with Crippen LogP contribution in [0.25, 0.3) is 0 Å². The Morgan fingerprint density at radius 1 is 1.23 bits per heavy atom. The number of para-hydroxylation sites is 1. The Morgan fingerprint density at radius 2 is 1.97 bits per heavy atom. The number of hydrogen-bond acceptors (Lipinski definition) is 7. The molecule has 0 aromatic heterocycles. The third-order valence-electron chi connectivity index (χ3n) is 5.95. The second-order valence-corrected chi connectivity index (χ2v) is 10.3. The first-order chi connectivity index (χ1) is 16.7. The Bertz CT molecular complexity index is 1310. The van der Waals surface area contributed by atoms with Crippen molar-refractivity contribution in [3.8, 4) is 6.07 Å². The molecule has 2 aromatic carbocycles. The number of nitro benzene ring substituents is 1. The van der Waals surface area contributed by atoms with Crippen molar-refractivity contribution < 1.29 is 14.5 Å². The van der Waals surface area contributed by atoms with Crippen LogP contribution < -0.4 is 10.6 Å². The van der Waals surface area contributed by atoms with Gasteiger partial charge in [0.2, 0.25) is 5.91 Å². The number of non-ortho nitro benzene ring substituents is 1. The number of amides is 1. The van der Waals surface area contributed by atoms with Gasteiger partial charge in [0.1, 0.15) is 0 Å². The van der Waals surface area contributed by atoms with Crippen molar-refractivity contribution in [2.24, 2.45) is 5.41 Å². The van der Waals surface area contributed by atoms with Crippen LogP contribution in [0, 0.1) is 26.9 Å². The molecule has 4 rings (SSSR count). The van der Waals surface area contributed by atoms with Gasteiger partial charge in [-0.3, -0.25) is 19.7 Å². The minimum atomic E-state index is -0.737. The van der Waals surface area contributed by atoms with Gasteiger partial charge in [-0.2, -0.15) is 5.26 Å². The Balaban J connectivity index is 1.70. The average Bonchev–Trinajstić information content (AvgIpc) is 2.81. The van der Waals surface area contributed by atoms with Crippen molar-refractivity contribution in [3.05, 3.63) is 92.1 Å². The minimum absolute atomic E-state index is 0.0457. The second kappa shape index (κ2) is 9.76. The van der Waals surface area contributed by atoms with Crippen LogP contribution in [0.15, 0.2) is 76.5 Å². The second-order valence-electron chi connectivity index (χ2n) is 9.30. The maximum absolute atomic E-state index is 13.2. The van der Waals surface area contributed by atoms with Crippen LogP contribution in [0.4, 0.5) is 11.4 Å². The topological polar surface area (TPSA) is 125 Å². The largest absolute Gasteiger partial charge is 0.352 e. The van der Waals surface area contributed by atoms with Crippen molar-refractivity contribution in [1.82, 2.24) is 5.32 Å². The molecular formula is C26H24N4O4S. The molecule has 0 radical (unpaired) electrons. The molecule has 1 amide bonds. The van der Waals surface area contributed by atoms with Gasteiger partial charge < -0.3 is 10.6 Å². The van der Waals surface area contributed by atoms with E-state index in [-0.39, 0.29) is 34.1 Å². The average molecular weight is 489 g/mol. The molecule has 1 aliphatic carbocycles. The molecule has 0 saturated heterocycles. The molecule has 0 bridgehead atoms. The molecule has 35 heavy (non-hydrogen) atoms. The monoisotopic (exact) mass is 488 g/mol. The molecule has 2 N–H and O–H groups in total. The van der Waals surface area contributed by atoms with E-state index in [0.29, 0.717) is 40.4 Å². The summed E-state index contributed by atoms with van der Waals surface area (Å²) in [4.78, 5) is 36.7. The number of thioether (sulfide) groups is 1. The number of allylic oxidation sites excluding steroid dienone is 3. The highest BCUT2D eigenvalue weighted by molar-refractivity contribution is 8.03. The standard InChI is InChI=1S/C26H24N4O4S/c1-26(2)12-20-24(21(31)13-26)23(16-7-6-10-18(11-16)30(33)34)19(14-27)25(29-20)35-15-22(32)28-17-8-4-3-5-9-17/h3-11,23,29H,12-13,15H2,1-2H3,(H,28,32)/t23-/m0/s1. The summed E-state index contributed by atoms with van der Waals surface area (Å²) in [6.07, 6.45) is 0.901. The lowest BCUT2D eigenvalue weighted by molar-refractivity contribution is -0.384. The summed E-state index contributed by atoms with van der Waals surface area (Å²) in [6.45, 7) is 4.00. The number of carbonyl (C=O) groups excluding carboxylic acids is 2. The van der Waals surface area contributed by atoms with Crippen LogP contribution in [0.1, 0.15) is 38.2 Å². The molecule has 1 heterocycles. The van der Waals surface area contributed by atoms with Gasteiger partial charge >= 0.3 is 0 Å². The molecule has 0 spiro atoms. The maximum atomic E-state index is 13.2. The summed E-state index contributed by atoms with van der Waals surface area (Å²) in [7, 11) is 0. The number of ketones is 1. The zero-order valence-corrected chi connectivity index (χ0v) is 20.1. The lowest BCUT2D eigenvalue weighted by atomic mass is 9.69. The van der Waals surface area contributed by atoms with Crippen LogP contribution in [0.3, 0.4) is 0 Å². The van der Waals surface area contributed by atoms with E-state index >= 15 is 0 Å². The zero-order chi connectivity index (χ0) is 25.2. The highest BCUT2D eigenvalue weighted by Gasteiger charge is 2.42. The number of dihydropyridines is 1. The van der Waals surface area contributed by atoms with Gasteiger partial charge in [-0.25, -0.2) is 0 Å². The number of anilines is 1. The van der Waals surface area contributed by atoms with Crippen LogP contribution >= 0.6 is 11.8 Å². The van der Waals surface area contributed by atoms with Crippen molar-refractivity contribution >= 4 is 34.8 Å². The summed E-state index contributed by atoms with van der Waals surface area (Å²) >= 11 is 1.18. The van der Waals surface area contributed by atoms with E-state index in [9.17, 15) is 25.0 Å². The summed E-state index contributed by atoms with van der Waals surface area (Å²) in [5.41, 5.74) is 2.23. The number of benzene rings is 2. The van der Waals surface area contributed by atoms with E-state index < -0.39 is 10.8 Å². The quantitative estimate of drug-likeness (QED) is 0.431. The number of nitrogens with zero attached hydrogens (tertiary/aromatic N) is 2. The van der Waals surface area contributed by atoms with Gasteiger partial charge in [0.15, 0.2) is 5.78 Å². The Labute approximate surface area is 207 Å². The first-order valence-electron chi connectivity index (χ1n) is 11.1. The zero-order valence-electron chi connectivity index (χ0n) is 19.3. The molecular weight excluding hydrogens is 464 g/mol. The van der Waals surface area contributed by atoms with Gasteiger partial charge in [-0.1, -0.05) is 55.9 Å². The summed E-state index contributed by atoms with van der Waals surface area (Å²) < 4.78 is 0. The summed E-state index contributed by atoms with van der Waals surface area (Å²) in [6, 6.07) is 17.3. The van der Waals surface area contributed by atoms with Crippen LogP contribution in [0.5, 0.6) is 0 Å². The van der Waals surface area contributed by atoms with Gasteiger partial charge in [0.25, 0.3) is 5.69 Å². The number of rotatable bonds is 6. The Hall–Kier alpha value is -3.90. The molecule has 1 atom stereocenters. The van der Waals surface area contributed by atoms with E-state index in [0.717, 1.165) is 0 Å². The Kier molecular flexibility index (Phi) is 6.76. The van der Waals surface area contributed by atoms with Gasteiger partial charge in [0, 0.05) is 35.5 Å². The smallest absolute Gasteiger partial charge is 0.269 e. The number of hydrogen-bond donors (Lipinski definition) is 2. The lowest BCUT2D eigenvalue weighted by Crippen LogP contribution is -2.37. The van der Waals surface area contributed by atoms with Gasteiger partial charge in [0.05, 0.1) is 33.3 Å². The number of carbonyl (C=O) groups is 2. The molecule has 0 fully saturated rings. The molecule has 0 unspecified atom stereocenters. The third kappa shape index (κ3) is 5.28. The molecule has 2 aromatic rings. The van der Waals surface area contributed by atoms with Crippen LogP contribution in [0.2, 0.25) is 0 Å². The number of Topliss-reactive ketones (excluding diaryl/α,β-unsaturated/α-hetero) is 1. The molecule has 2 aliphatic rings. The molecule has 9 heteroatoms. The Morgan fingerprint density at radius 3 is 2.66 bits per heavy atom. The van der Waals surface area contributed by atoms with E-state index in [4.69, 9.17) is 0 Å². The molecule has 1 aliphatic heterocycles. The highest BCUT2D eigenvalue weighted by atomic mass is 32.2. The maximum Gasteiger partial charge on any atom is 0.269 e. The van der Waals surface area contributed by atoms with Gasteiger partial charge in [-0.15, -0.1) is 0 Å². The third-order valence-corrected chi connectivity index (χ3v) is 6.96. The van der Waals surface area contributed by atoms with E-state index in [1.807, 2.05) is 32.0 Å². The van der Waals surface area contributed by atoms with Crippen LogP contribution in [-0.2, 0) is 9.59 Å². The lowest BCUT2D eigenvalue weighted by Gasteiger charge is -2.39. The van der Waals surface area contributed by atoms with E-state index in [1.54, 1.807) is 24.3 Å². The van der Waals surface area contributed by atoms with E-state index in [2.05, 4.69) is 16.7 Å². The predicted molar refractivity (Wildman–Crippen MR) is 134 cm³/mol. The minimum Gasteiger partial charge on any atom is -0.352 e. The number of nitrogens with one attached hydrogen (secondary N) is 2. The first kappa shape index (κ1) is 24.2. The number of nitro groups is 1. The normalized spacial score (nSPS) is 18.9. The fourth-order valence-corrected chi connectivity index (χ4v) is 5.36. The number of nitriles is 1. The van der Waals surface area contributed by atoms with Crippen molar-refractivity contribution in [3.63, 3.8) is 0 Å².